The van der Waals surface area contributed by atoms with Crippen LogP contribution < -0.4 is 27.6 Å². The highest BCUT2D eigenvalue weighted by molar-refractivity contribution is 5.97. The largest absolute Gasteiger partial charge is 0.383 e. The number of amides is 2. The number of hydrogen-bond acceptors (Lipinski definition) is 6. The van der Waals surface area contributed by atoms with Gasteiger partial charge in [0.25, 0.3) is 5.56 Å². The molecule has 0 aliphatic carbocycles. The molecule has 2 aromatic rings. The van der Waals surface area contributed by atoms with Crippen LogP contribution in [0.1, 0.15) is 44.7 Å². The monoisotopic (exact) mass is 470 g/mol. The Morgan fingerprint density at radius 2 is 1.88 bits per heavy atom. The van der Waals surface area contributed by atoms with E-state index in [0.717, 1.165) is 17.5 Å². The molecule has 10 nitrogen and oxygen atoms in total. The molecule has 10 heteroatoms. The second-order valence-electron chi connectivity index (χ2n) is 9.19. The fourth-order valence-electron chi connectivity index (χ4n) is 4.35. The van der Waals surface area contributed by atoms with E-state index in [1.165, 1.54) is 9.47 Å². The Morgan fingerprint density at radius 1 is 1.21 bits per heavy atom. The van der Waals surface area contributed by atoms with Gasteiger partial charge < -0.3 is 16.4 Å². The predicted molar refractivity (Wildman–Crippen MR) is 131 cm³/mol. The Hall–Kier alpha value is -3.40. The fraction of sp³-hybridized carbons (Fsp3) is 0.500. The van der Waals surface area contributed by atoms with E-state index in [2.05, 4.69) is 4.98 Å². The summed E-state index contributed by atoms with van der Waals surface area (Å²) in [6.07, 6.45) is 1.83. The lowest BCUT2D eigenvalue weighted by Crippen LogP contribution is -2.53. The number of nitrogens with zero attached hydrogens (tertiary/aromatic N) is 3. The summed E-state index contributed by atoms with van der Waals surface area (Å²) >= 11 is 0. The van der Waals surface area contributed by atoms with E-state index in [0.29, 0.717) is 25.9 Å². The van der Waals surface area contributed by atoms with Crippen molar-refractivity contribution in [2.75, 3.05) is 23.7 Å². The zero-order valence-electron chi connectivity index (χ0n) is 20.0. The van der Waals surface area contributed by atoms with Gasteiger partial charge in [0, 0.05) is 19.6 Å². The van der Waals surface area contributed by atoms with Crippen molar-refractivity contribution in [2.24, 2.45) is 11.7 Å². The van der Waals surface area contributed by atoms with Crippen molar-refractivity contribution in [3.63, 3.8) is 0 Å². The fourth-order valence-corrected chi connectivity index (χ4v) is 4.35. The summed E-state index contributed by atoms with van der Waals surface area (Å²) < 4.78 is 1.29. The van der Waals surface area contributed by atoms with Crippen molar-refractivity contribution in [1.82, 2.24) is 14.5 Å². The molecule has 0 spiro atoms. The maximum absolute atomic E-state index is 13.6. The van der Waals surface area contributed by atoms with Gasteiger partial charge in [0.1, 0.15) is 5.82 Å². The molecule has 1 atom stereocenters. The number of fused-ring (bicyclic) bond motifs is 1. The molecule has 0 bridgehead atoms. The molecule has 1 aromatic heterocycles. The molecule has 34 heavy (non-hydrogen) atoms. The minimum absolute atomic E-state index is 0.0354. The van der Waals surface area contributed by atoms with Crippen molar-refractivity contribution in [3.05, 3.63) is 56.2 Å². The Balaban J connectivity index is 1.97. The van der Waals surface area contributed by atoms with Gasteiger partial charge >= 0.3 is 5.69 Å². The number of hydrogen-bond donors (Lipinski definition) is 3. The number of nitrogens with two attached hydrogens (primary N) is 2. The van der Waals surface area contributed by atoms with Crippen LogP contribution in [0.2, 0.25) is 0 Å². The number of H-pyrrole nitrogens is 1. The van der Waals surface area contributed by atoms with Gasteiger partial charge in [0.05, 0.1) is 12.6 Å². The zero-order chi connectivity index (χ0) is 25.0. The first-order chi connectivity index (χ1) is 16.1. The van der Waals surface area contributed by atoms with E-state index in [-0.39, 0.29) is 36.4 Å². The van der Waals surface area contributed by atoms with Crippen molar-refractivity contribution in [2.45, 2.75) is 59.2 Å². The van der Waals surface area contributed by atoms with Gasteiger partial charge in [0.15, 0.2) is 5.69 Å². The van der Waals surface area contributed by atoms with Crippen LogP contribution in [0.5, 0.6) is 0 Å². The third-order valence-corrected chi connectivity index (χ3v) is 6.08. The number of nitrogen functional groups attached to an aromatic ring is 1. The van der Waals surface area contributed by atoms with Crippen LogP contribution in [0, 0.1) is 5.92 Å². The zero-order valence-corrected chi connectivity index (χ0v) is 20.0. The number of rotatable bonds is 9. The topological polar surface area (TPSA) is 148 Å². The van der Waals surface area contributed by atoms with E-state index in [9.17, 15) is 19.2 Å². The number of unbranched alkanes of at least 4 members (excludes halogenated alkanes) is 1. The maximum atomic E-state index is 13.6. The number of nitrogens with one attached hydrogen (secondary N) is 1. The summed E-state index contributed by atoms with van der Waals surface area (Å²) in [4.78, 5) is 56.3. The first-order valence-electron chi connectivity index (χ1n) is 11.7. The second-order valence-corrected chi connectivity index (χ2v) is 9.19. The number of aromatic amines is 1. The standard InChI is InChI=1S/C24H34N6O4/c1-4-5-10-29(20-21(25)30(12-15(2)3)24(34)27-23(20)33)19(31)14-28-13-17-9-7-6-8-16(17)11-18(28)22(26)32/h6-9,15,18H,4-5,10-14,25H2,1-3H3,(H2,26,32)(H,27,33,34). The number of aromatic nitrogens is 2. The Kier molecular flexibility index (Phi) is 7.93. The van der Waals surface area contributed by atoms with Crippen LogP contribution in [-0.2, 0) is 29.1 Å². The van der Waals surface area contributed by atoms with Gasteiger partial charge in [0.2, 0.25) is 11.8 Å². The van der Waals surface area contributed by atoms with Gasteiger partial charge in [-0.2, -0.15) is 0 Å². The minimum Gasteiger partial charge on any atom is -0.383 e. The Labute approximate surface area is 198 Å². The molecule has 1 unspecified atom stereocenters. The van der Waals surface area contributed by atoms with Crippen molar-refractivity contribution in [3.8, 4) is 0 Å². The highest BCUT2D eigenvalue weighted by Crippen LogP contribution is 2.24. The molecule has 0 fully saturated rings. The summed E-state index contributed by atoms with van der Waals surface area (Å²) in [6.45, 7) is 6.65. The van der Waals surface area contributed by atoms with Crippen LogP contribution in [0.25, 0.3) is 0 Å². The minimum atomic E-state index is -0.706. The lowest BCUT2D eigenvalue weighted by atomic mass is 9.93. The molecule has 2 heterocycles. The first-order valence-corrected chi connectivity index (χ1v) is 11.7. The van der Waals surface area contributed by atoms with Crippen LogP contribution in [0.4, 0.5) is 11.5 Å². The summed E-state index contributed by atoms with van der Waals surface area (Å²) in [5.41, 5.74) is 12.6. The maximum Gasteiger partial charge on any atom is 0.330 e. The van der Waals surface area contributed by atoms with Gasteiger partial charge in [-0.15, -0.1) is 0 Å². The van der Waals surface area contributed by atoms with Crippen LogP contribution in [0.3, 0.4) is 0 Å². The third-order valence-electron chi connectivity index (χ3n) is 6.08. The van der Waals surface area contributed by atoms with Crippen LogP contribution in [0.15, 0.2) is 33.9 Å². The van der Waals surface area contributed by atoms with Gasteiger partial charge in [-0.25, -0.2) is 4.79 Å². The number of anilines is 2. The number of carbonyl (C=O) groups excluding carboxylic acids is 2. The van der Waals surface area contributed by atoms with Crippen molar-refractivity contribution < 1.29 is 9.59 Å². The van der Waals surface area contributed by atoms with E-state index >= 15 is 0 Å². The lowest BCUT2D eigenvalue weighted by molar-refractivity contribution is -0.126. The highest BCUT2D eigenvalue weighted by Gasteiger charge is 2.33. The molecule has 184 valence electrons. The molecule has 2 amide bonds. The third kappa shape index (κ3) is 5.39. The Morgan fingerprint density at radius 3 is 2.50 bits per heavy atom. The van der Waals surface area contributed by atoms with Gasteiger partial charge in [-0.3, -0.25) is 28.8 Å². The predicted octanol–water partition coefficient (Wildman–Crippen LogP) is 0.820. The summed E-state index contributed by atoms with van der Waals surface area (Å²) in [5, 5.41) is 0. The van der Waals surface area contributed by atoms with Crippen molar-refractivity contribution in [1.29, 1.82) is 0 Å². The summed E-state index contributed by atoms with van der Waals surface area (Å²) in [7, 11) is 0. The highest BCUT2D eigenvalue weighted by atomic mass is 16.2. The summed E-state index contributed by atoms with van der Waals surface area (Å²) in [6, 6.07) is 7.09. The van der Waals surface area contributed by atoms with Gasteiger partial charge in [-0.1, -0.05) is 51.5 Å². The van der Waals surface area contributed by atoms with Gasteiger partial charge in [-0.05, 0) is 29.9 Å². The Bertz CT molecular complexity index is 1170. The van der Waals surface area contributed by atoms with Crippen LogP contribution >= 0.6 is 0 Å². The average molecular weight is 471 g/mol. The SMILES string of the molecule is CCCCN(C(=O)CN1Cc2ccccc2CC1C(N)=O)c1c(N)n(CC(C)C)c(=O)[nH]c1=O. The number of carbonyl (C=O) groups is 2. The van der Waals surface area contributed by atoms with E-state index < -0.39 is 23.2 Å². The molecule has 0 radical (unpaired) electrons. The molecule has 0 saturated carbocycles. The molecule has 1 aliphatic heterocycles. The van der Waals surface area contributed by atoms with E-state index in [1.54, 1.807) is 4.90 Å². The summed E-state index contributed by atoms with van der Waals surface area (Å²) in [5.74, 6) is -0.832. The molecule has 5 N–H and O–H groups in total. The first kappa shape index (κ1) is 25.2. The number of primary amides is 1. The second kappa shape index (κ2) is 10.7. The molecular formula is C24H34N6O4. The van der Waals surface area contributed by atoms with E-state index in [1.807, 2.05) is 45.0 Å². The van der Waals surface area contributed by atoms with Crippen LogP contribution in [-0.4, -0.2) is 45.4 Å². The average Bonchev–Trinajstić information content (AvgIpc) is 2.77. The van der Waals surface area contributed by atoms with Crippen molar-refractivity contribution >= 4 is 23.3 Å². The van der Waals surface area contributed by atoms with E-state index in [4.69, 9.17) is 11.5 Å². The molecule has 1 aromatic carbocycles. The lowest BCUT2D eigenvalue weighted by Gasteiger charge is -2.36. The molecular weight excluding hydrogens is 436 g/mol. The normalized spacial score (nSPS) is 15.8. The molecule has 3 rings (SSSR count). The smallest absolute Gasteiger partial charge is 0.330 e. The number of benzene rings is 1. The molecule has 0 saturated heterocycles. The molecule has 1 aliphatic rings. The quantitative estimate of drug-likeness (QED) is 0.494.